The summed E-state index contributed by atoms with van der Waals surface area (Å²) in [5, 5.41) is 0. The van der Waals surface area contributed by atoms with E-state index >= 15 is 0 Å². The van der Waals surface area contributed by atoms with Crippen molar-refractivity contribution in [1.29, 1.82) is 0 Å². The number of hydrogen-bond donors (Lipinski definition) is 1. The smallest absolute Gasteiger partial charge is 0.0590 e. The Hall–Kier alpha value is -0.420. The zero-order valence-corrected chi connectivity index (χ0v) is 14.6. The fourth-order valence-corrected chi connectivity index (χ4v) is 3.03. The highest BCUT2D eigenvalue weighted by molar-refractivity contribution is 9.10. The van der Waals surface area contributed by atoms with Gasteiger partial charge in [0, 0.05) is 30.2 Å². The van der Waals surface area contributed by atoms with Gasteiger partial charge in [-0.15, -0.1) is 0 Å². The third-order valence-electron chi connectivity index (χ3n) is 3.68. The van der Waals surface area contributed by atoms with Crippen molar-refractivity contribution < 1.29 is 4.74 Å². The molecular weight excluding hydrogens is 316 g/mol. The summed E-state index contributed by atoms with van der Waals surface area (Å²) in [4.78, 5) is 2.43. The summed E-state index contributed by atoms with van der Waals surface area (Å²) in [5.74, 6) is 0. The number of halogens is 1. The molecule has 0 amide bonds. The first kappa shape index (κ1) is 17.6. The van der Waals surface area contributed by atoms with Gasteiger partial charge in [0.05, 0.1) is 12.6 Å². The van der Waals surface area contributed by atoms with Gasteiger partial charge in [-0.25, -0.2) is 0 Å². The monoisotopic (exact) mass is 342 g/mol. The van der Waals surface area contributed by atoms with Gasteiger partial charge < -0.3 is 10.5 Å². The van der Waals surface area contributed by atoms with Crippen LogP contribution in [0.3, 0.4) is 0 Å². The number of rotatable bonds is 8. The molecule has 114 valence electrons. The van der Waals surface area contributed by atoms with Crippen LogP contribution in [0.25, 0.3) is 0 Å². The van der Waals surface area contributed by atoms with Crippen molar-refractivity contribution in [3.05, 3.63) is 34.3 Å². The minimum atomic E-state index is 0.105. The van der Waals surface area contributed by atoms with E-state index in [1.807, 2.05) is 6.07 Å². The normalized spacial score (nSPS) is 14.8. The Morgan fingerprint density at radius 1 is 1.30 bits per heavy atom. The minimum absolute atomic E-state index is 0.105. The van der Waals surface area contributed by atoms with Gasteiger partial charge in [-0.3, -0.25) is 4.90 Å². The number of nitrogens with two attached hydrogens (primary N) is 1. The molecule has 1 aromatic rings. The maximum absolute atomic E-state index is 6.43. The van der Waals surface area contributed by atoms with Crippen LogP contribution >= 0.6 is 15.9 Å². The van der Waals surface area contributed by atoms with Crippen molar-refractivity contribution in [2.45, 2.75) is 45.3 Å². The number of nitrogens with zero attached hydrogens (tertiary/aromatic N) is 1. The van der Waals surface area contributed by atoms with Crippen molar-refractivity contribution in [3.63, 3.8) is 0 Å². The Kier molecular flexibility index (Phi) is 7.74. The summed E-state index contributed by atoms with van der Waals surface area (Å²) in [6.45, 7) is 8.16. The molecule has 0 aliphatic heterocycles. The fourth-order valence-electron chi connectivity index (χ4n) is 2.51. The number of methoxy groups -OCH3 is 1. The average Bonchev–Trinajstić information content (AvgIpc) is 2.43. The maximum atomic E-state index is 6.43. The molecule has 1 rings (SSSR count). The summed E-state index contributed by atoms with van der Waals surface area (Å²) in [7, 11) is 1.74. The molecule has 0 radical (unpaired) electrons. The standard InChI is InChI=1S/C16H27BrN2O/c1-5-15(18)16(13-8-6-7-9-14(13)17)19(12(2)3)10-11-20-4/h6-9,12,15-16H,5,10-11,18H2,1-4H3. The van der Waals surface area contributed by atoms with E-state index in [9.17, 15) is 0 Å². The Morgan fingerprint density at radius 2 is 1.95 bits per heavy atom. The quantitative estimate of drug-likeness (QED) is 0.784. The van der Waals surface area contributed by atoms with Gasteiger partial charge >= 0.3 is 0 Å². The largest absolute Gasteiger partial charge is 0.383 e. The second-order valence-corrected chi connectivity index (χ2v) is 6.22. The van der Waals surface area contributed by atoms with Crippen LogP contribution in [0.4, 0.5) is 0 Å². The lowest BCUT2D eigenvalue weighted by molar-refractivity contribution is 0.0828. The number of benzene rings is 1. The zero-order valence-electron chi connectivity index (χ0n) is 13.0. The second-order valence-electron chi connectivity index (χ2n) is 5.36. The van der Waals surface area contributed by atoms with Gasteiger partial charge in [0.1, 0.15) is 0 Å². The van der Waals surface area contributed by atoms with Crippen LogP contribution in [0.5, 0.6) is 0 Å². The van der Waals surface area contributed by atoms with Crippen molar-refractivity contribution in [1.82, 2.24) is 4.90 Å². The van der Waals surface area contributed by atoms with E-state index < -0.39 is 0 Å². The molecule has 0 aromatic heterocycles. The SMILES string of the molecule is CCC(N)C(c1ccccc1Br)N(CCOC)C(C)C. The molecule has 2 atom stereocenters. The van der Waals surface area contributed by atoms with Crippen LogP contribution in [0.2, 0.25) is 0 Å². The highest BCUT2D eigenvalue weighted by Gasteiger charge is 2.28. The van der Waals surface area contributed by atoms with Gasteiger partial charge in [0.15, 0.2) is 0 Å². The number of hydrogen-bond acceptors (Lipinski definition) is 3. The lowest BCUT2D eigenvalue weighted by Gasteiger charge is -2.38. The van der Waals surface area contributed by atoms with Crippen molar-refractivity contribution in [2.24, 2.45) is 5.73 Å². The Bertz CT molecular complexity index is 398. The van der Waals surface area contributed by atoms with E-state index in [1.165, 1.54) is 5.56 Å². The molecule has 0 saturated carbocycles. The third kappa shape index (κ3) is 4.55. The zero-order chi connectivity index (χ0) is 15.1. The Morgan fingerprint density at radius 3 is 2.45 bits per heavy atom. The van der Waals surface area contributed by atoms with Crippen molar-refractivity contribution >= 4 is 15.9 Å². The van der Waals surface area contributed by atoms with E-state index in [1.54, 1.807) is 7.11 Å². The number of ether oxygens (including phenoxy) is 1. The van der Waals surface area contributed by atoms with Crippen LogP contribution in [-0.4, -0.2) is 37.2 Å². The average molecular weight is 343 g/mol. The van der Waals surface area contributed by atoms with Gasteiger partial charge in [-0.05, 0) is 31.9 Å². The molecule has 0 heterocycles. The molecule has 3 nitrogen and oxygen atoms in total. The van der Waals surface area contributed by atoms with Crippen molar-refractivity contribution in [2.75, 3.05) is 20.3 Å². The van der Waals surface area contributed by atoms with Crippen LogP contribution in [-0.2, 0) is 4.74 Å². The molecule has 0 saturated heterocycles. The van der Waals surface area contributed by atoms with E-state index in [0.29, 0.717) is 6.04 Å². The third-order valence-corrected chi connectivity index (χ3v) is 4.40. The first-order valence-corrected chi connectivity index (χ1v) is 8.06. The molecule has 0 bridgehead atoms. The molecule has 0 spiro atoms. The predicted octanol–water partition coefficient (Wildman–Crippen LogP) is 3.58. The first-order valence-electron chi connectivity index (χ1n) is 7.27. The molecule has 2 N–H and O–H groups in total. The summed E-state index contributed by atoms with van der Waals surface area (Å²) >= 11 is 3.67. The summed E-state index contributed by atoms with van der Waals surface area (Å²) < 4.78 is 6.38. The minimum Gasteiger partial charge on any atom is -0.383 e. The molecule has 4 heteroatoms. The lowest BCUT2D eigenvalue weighted by Crippen LogP contribution is -2.45. The molecule has 2 unspecified atom stereocenters. The summed E-state index contributed by atoms with van der Waals surface area (Å²) in [6, 6.07) is 9.08. The molecular formula is C16H27BrN2O. The highest BCUT2D eigenvalue weighted by atomic mass is 79.9. The van der Waals surface area contributed by atoms with Crippen LogP contribution in [0.1, 0.15) is 38.8 Å². The molecule has 0 aliphatic rings. The Balaban J connectivity index is 3.12. The lowest BCUT2D eigenvalue weighted by atomic mass is 9.95. The highest BCUT2D eigenvalue weighted by Crippen LogP contribution is 2.32. The predicted molar refractivity (Wildman–Crippen MR) is 88.9 cm³/mol. The van der Waals surface area contributed by atoms with Crippen LogP contribution < -0.4 is 5.73 Å². The molecule has 20 heavy (non-hydrogen) atoms. The first-order chi connectivity index (χ1) is 9.52. The molecule has 1 aromatic carbocycles. The van der Waals surface area contributed by atoms with Crippen LogP contribution in [0.15, 0.2) is 28.7 Å². The van der Waals surface area contributed by atoms with Gasteiger partial charge in [-0.2, -0.15) is 0 Å². The van der Waals surface area contributed by atoms with Gasteiger partial charge in [0.25, 0.3) is 0 Å². The second kappa shape index (κ2) is 8.78. The molecule has 0 fully saturated rings. The van der Waals surface area contributed by atoms with E-state index in [-0.39, 0.29) is 12.1 Å². The summed E-state index contributed by atoms with van der Waals surface area (Å²) in [5.41, 5.74) is 7.68. The van der Waals surface area contributed by atoms with E-state index in [4.69, 9.17) is 10.5 Å². The van der Waals surface area contributed by atoms with E-state index in [0.717, 1.165) is 24.0 Å². The topological polar surface area (TPSA) is 38.5 Å². The Labute approximate surface area is 131 Å². The van der Waals surface area contributed by atoms with Crippen LogP contribution in [0, 0.1) is 0 Å². The van der Waals surface area contributed by atoms with E-state index in [2.05, 4.69) is 59.8 Å². The summed E-state index contributed by atoms with van der Waals surface area (Å²) in [6.07, 6.45) is 0.947. The fraction of sp³-hybridized carbons (Fsp3) is 0.625. The maximum Gasteiger partial charge on any atom is 0.0590 e. The van der Waals surface area contributed by atoms with Crippen molar-refractivity contribution in [3.8, 4) is 0 Å². The molecule has 0 aliphatic carbocycles. The van der Waals surface area contributed by atoms with Gasteiger partial charge in [-0.1, -0.05) is 41.1 Å². The van der Waals surface area contributed by atoms with Gasteiger partial charge in [0.2, 0.25) is 0 Å².